The number of carbonyl (C=O) groups is 1. The predicted octanol–water partition coefficient (Wildman–Crippen LogP) is 0.341. The second kappa shape index (κ2) is 4.70. The Morgan fingerprint density at radius 2 is 2.33 bits per heavy atom. The largest absolute Gasteiger partial charge is 0.478 e. The molecular formula is C10H11N5O3. The van der Waals surface area contributed by atoms with E-state index in [9.17, 15) is 4.79 Å². The SMILES string of the molecule is CCOc1cc(-n2cc(N)c(C(=O)O)n2)ncn1. The van der Waals surface area contributed by atoms with Crippen molar-refractivity contribution in [3.8, 4) is 11.7 Å². The quantitative estimate of drug-likeness (QED) is 0.802. The number of hydrogen-bond donors (Lipinski definition) is 2. The van der Waals surface area contributed by atoms with E-state index in [4.69, 9.17) is 15.6 Å². The summed E-state index contributed by atoms with van der Waals surface area (Å²) in [7, 11) is 0. The summed E-state index contributed by atoms with van der Waals surface area (Å²) in [6.45, 7) is 2.30. The Balaban J connectivity index is 2.39. The minimum atomic E-state index is -1.19. The number of nitrogen functional groups attached to an aromatic ring is 1. The Labute approximate surface area is 102 Å². The number of nitrogens with zero attached hydrogens (tertiary/aromatic N) is 4. The van der Waals surface area contributed by atoms with E-state index in [-0.39, 0.29) is 11.4 Å². The van der Waals surface area contributed by atoms with E-state index < -0.39 is 5.97 Å². The van der Waals surface area contributed by atoms with E-state index in [0.29, 0.717) is 18.3 Å². The van der Waals surface area contributed by atoms with Gasteiger partial charge in [-0.3, -0.25) is 0 Å². The molecule has 0 unspecified atom stereocenters. The van der Waals surface area contributed by atoms with Crippen LogP contribution in [0.4, 0.5) is 5.69 Å². The fraction of sp³-hybridized carbons (Fsp3) is 0.200. The van der Waals surface area contributed by atoms with Gasteiger partial charge in [-0.2, -0.15) is 5.10 Å². The molecule has 2 aromatic rings. The summed E-state index contributed by atoms with van der Waals surface area (Å²) < 4.78 is 6.48. The topological polar surface area (TPSA) is 116 Å². The van der Waals surface area contributed by atoms with Gasteiger partial charge in [-0.05, 0) is 6.92 Å². The summed E-state index contributed by atoms with van der Waals surface area (Å²) in [4.78, 5) is 18.7. The molecule has 2 aromatic heterocycles. The molecule has 3 N–H and O–H groups in total. The van der Waals surface area contributed by atoms with Gasteiger partial charge in [-0.1, -0.05) is 0 Å². The number of anilines is 1. The molecule has 2 heterocycles. The van der Waals surface area contributed by atoms with E-state index in [0.717, 1.165) is 0 Å². The van der Waals surface area contributed by atoms with E-state index in [1.54, 1.807) is 6.07 Å². The van der Waals surface area contributed by atoms with Gasteiger partial charge in [0.1, 0.15) is 6.33 Å². The van der Waals surface area contributed by atoms with Crippen LogP contribution in [-0.2, 0) is 0 Å². The highest BCUT2D eigenvalue weighted by atomic mass is 16.5. The summed E-state index contributed by atoms with van der Waals surface area (Å²) in [5, 5.41) is 12.7. The first-order valence-corrected chi connectivity index (χ1v) is 5.15. The fourth-order valence-corrected chi connectivity index (χ4v) is 1.35. The van der Waals surface area contributed by atoms with Crippen LogP contribution in [0.5, 0.6) is 5.88 Å². The van der Waals surface area contributed by atoms with E-state index in [1.807, 2.05) is 6.92 Å². The van der Waals surface area contributed by atoms with Crippen molar-refractivity contribution in [2.24, 2.45) is 0 Å². The molecule has 0 bridgehead atoms. The molecule has 0 atom stereocenters. The molecule has 0 saturated carbocycles. The lowest BCUT2D eigenvalue weighted by Gasteiger charge is -2.03. The van der Waals surface area contributed by atoms with Gasteiger partial charge in [0, 0.05) is 6.07 Å². The number of carboxylic acids is 1. The van der Waals surface area contributed by atoms with Crippen molar-refractivity contribution in [3.63, 3.8) is 0 Å². The lowest BCUT2D eigenvalue weighted by molar-refractivity contribution is 0.0691. The molecule has 8 nitrogen and oxygen atoms in total. The second-order valence-corrected chi connectivity index (χ2v) is 3.33. The Morgan fingerprint density at radius 1 is 1.56 bits per heavy atom. The third kappa shape index (κ3) is 2.21. The predicted molar refractivity (Wildman–Crippen MR) is 61.7 cm³/mol. The molecule has 0 fully saturated rings. The molecule has 0 spiro atoms. The standard InChI is InChI=1S/C10H11N5O3/c1-2-18-8-3-7(12-5-13-8)15-4-6(11)9(14-15)10(16)17/h3-5H,2,11H2,1H3,(H,16,17). The molecule has 8 heteroatoms. The maximum absolute atomic E-state index is 10.8. The summed E-state index contributed by atoms with van der Waals surface area (Å²) in [6, 6.07) is 1.54. The first kappa shape index (κ1) is 11.8. The van der Waals surface area contributed by atoms with Crippen molar-refractivity contribution in [1.29, 1.82) is 0 Å². The molecule has 94 valence electrons. The summed E-state index contributed by atoms with van der Waals surface area (Å²) >= 11 is 0. The average Bonchev–Trinajstić information content (AvgIpc) is 2.72. The minimum Gasteiger partial charge on any atom is -0.478 e. The smallest absolute Gasteiger partial charge is 0.358 e. The number of carboxylic acid groups (broad SMARTS) is 1. The third-order valence-corrected chi connectivity index (χ3v) is 2.10. The molecule has 0 aliphatic rings. The van der Waals surface area contributed by atoms with Crippen LogP contribution >= 0.6 is 0 Å². The molecule has 0 aromatic carbocycles. The van der Waals surface area contributed by atoms with Crippen molar-refractivity contribution >= 4 is 11.7 Å². The summed E-state index contributed by atoms with van der Waals surface area (Å²) in [5.41, 5.74) is 5.39. The summed E-state index contributed by atoms with van der Waals surface area (Å²) in [5.74, 6) is -0.425. The Kier molecular flexibility index (Phi) is 3.09. The summed E-state index contributed by atoms with van der Waals surface area (Å²) in [6.07, 6.45) is 2.68. The van der Waals surface area contributed by atoms with Gasteiger partial charge in [-0.25, -0.2) is 19.4 Å². The molecule has 0 amide bonds. The number of nitrogens with two attached hydrogens (primary N) is 1. The van der Waals surface area contributed by atoms with Crippen LogP contribution in [-0.4, -0.2) is 37.4 Å². The maximum Gasteiger partial charge on any atom is 0.358 e. The Morgan fingerprint density at radius 3 is 2.94 bits per heavy atom. The zero-order valence-corrected chi connectivity index (χ0v) is 9.57. The fourth-order valence-electron chi connectivity index (χ4n) is 1.35. The Hall–Kier alpha value is -2.64. The molecule has 0 aliphatic heterocycles. The van der Waals surface area contributed by atoms with Crippen molar-refractivity contribution in [1.82, 2.24) is 19.7 Å². The van der Waals surface area contributed by atoms with Crippen LogP contribution in [0.25, 0.3) is 5.82 Å². The van der Waals surface area contributed by atoms with Gasteiger partial charge < -0.3 is 15.6 Å². The third-order valence-electron chi connectivity index (χ3n) is 2.10. The molecule has 2 rings (SSSR count). The van der Waals surface area contributed by atoms with Crippen molar-refractivity contribution < 1.29 is 14.6 Å². The lowest BCUT2D eigenvalue weighted by Crippen LogP contribution is -2.04. The highest BCUT2D eigenvalue weighted by molar-refractivity contribution is 5.91. The zero-order chi connectivity index (χ0) is 13.1. The monoisotopic (exact) mass is 249 g/mol. The van der Waals surface area contributed by atoms with Gasteiger partial charge in [0.25, 0.3) is 0 Å². The van der Waals surface area contributed by atoms with Crippen molar-refractivity contribution in [3.05, 3.63) is 24.3 Å². The molecular weight excluding hydrogens is 238 g/mol. The van der Waals surface area contributed by atoms with Crippen LogP contribution < -0.4 is 10.5 Å². The molecule has 0 aliphatic carbocycles. The van der Waals surface area contributed by atoms with Gasteiger partial charge in [0.15, 0.2) is 11.5 Å². The number of hydrogen-bond acceptors (Lipinski definition) is 6. The highest BCUT2D eigenvalue weighted by Gasteiger charge is 2.14. The Bertz CT molecular complexity index is 581. The highest BCUT2D eigenvalue weighted by Crippen LogP contribution is 2.15. The van der Waals surface area contributed by atoms with E-state index >= 15 is 0 Å². The van der Waals surface area contributed by atoms with Crippen molar-refractivity contribution in [2.45, 2.75) is 6.92 Å². The first-order chi connectivity index (χ1) is 8.61. The zero-order valence-electron chi connectivity index (χ0n) is 9.57. The number of ether oxygens (including phenoxy) is 1. The first-order valence-electron chi connectivity index (χ1n) is 5.15. The number of aromatic carboxylic acids is 1. The minimum absolute atomic E-state index is 0.0686. The van der Waals surface area contributed by atoms with Gasteiger partial charge in [0.05, 0.1) is 18.5 Å². The molecule has 0 saturated heterocycles. The lowest BCUT2D eigenvalue weighted by atomic mass is 10.4. The normalized spacial score (nSPS) is 10.3. The number of rotatable bonds is 4. The number of aromatic nitrogens is 4. The average molecular weight is 249 g/mol. The maximum atomic E-state index is 10.8. The molecule has 0 radical (unpaired) electrons. The van der Waals surface area contributed by atoms with Gasteiger partial charge in [-0.15, -0.1) is 0 Å². The van der Waals surface area contributed by atoms with Crippen molar-refractivity contribution in [2.75, 3.05) is 12.3 Å². The molecule has 18 heavy (non-hydrogen) atoms. The van der Waals surface area contributed by atoms with Gasteiger partial charge in [0.2, 0.25) is 5.88 Å². The van der Waals surface area contributed by atoms with Crippen LogP contribution in [0.1, 0.15) is 17.4 Å². The van der Waals surface area contributed by atoms with Gasteiger partial charge >= 0.3 is 5.97 Å². The van der Waals surface area contributed by atoms with E-state index in [2.05, 4.69) is 15.1 Å². The second-order valence-electron chi connectivity index (χ2n) is 3.33. The van der Waals surface area contributed by atoms with Crippen LogP contribution in [0.3, 0.4) is 0 Å². The van der Waals surface area contributed by atoms with Crippen LogP contribution in [0, 0.1) is 0 Å². The van der Waals surface area contributed by atoms with Crippen LogP contribution in [0.2, 0.25) is 0 Å². The van der Waals surface area contributed by atoms with Crippen LogP contribution in [0.15, 0.2) is 18.6 Å². The van der Waals surface area contributed by atoms with E-state index in [1.165, 1.54) is 17.2 Å².